The smallest absolute Gasteiger partial charge is 0.295 e. The zero-order valence-electron chi connectivity index (χ0n) is 20.4. The lowest BCUT2D eigenvalue weighted by molar-refractivity contribution is -0.140. The molecule has 1 N–H and O–H groups in total. The molecule has 2 aromatic carbocycles. The van der Waals surface area contributed by atoms with E-state index in [1.54, 1.807) is 12.1 Å². The average molecular weight is 465 g/mol. The molecule has 180 valence electrons. The molecule has 2 aliphatic rings. The molecule has 4 rings (SSSR count). The number of Topliss-reactive ketones (excluding diaryl/α,β-unsaturated/α-hetero) is 1. The van der Waals surface area contributed by atoms with Crippen molar-refractivity contribution in [2.24, 2.45) is 0 Å². The van der Waals surface area contributed by atoms with Crippen molar-refractivity contribution in [2.75, 3.05) is 27.2 Å². The number of hydrogen-bond donors (Lipinski definition) is 1. The van der Waals surface area contributed by atoms with Crippen molar-refractivity contribution in [1.82, 2.24) is 9.80 Å². The lowest BCUT2D eigenvalue weighted by Crippen LogP contribution is -2.35. The van der Waals surface area contributed by atoms with Crippen LogP contribution in [0.2, 0.25) is 0 Å². The molecular weight excluding hydrogens is 432 g/mol. The largest absolute Gasteiger partial charge is 0.507 e. The van der Waals surface area contributed by atoms with Crippen LogP contribution in [0.25, 0.3) is 5.76 Å². The fourth-order valence-corrected chi connectivity index (χ4v) is 4.53. The molecule has 34 heavy (non-hydrogen) atoms. The second kappa shape index (κ2) is 9.50. The Kier molecular flexibility index (Phi) is 6.66. The number of carbonyl (C=O) groups excluding carboxylic acids is 2. The molecule has 1 amide bonds. The van der Waals surface area contributed by atoms with Gasteiger partial charge in [-0.2, -0.15) is 0 Å². The number of nitrogens with zero attached hydrogens (tertiary/aromatic N) is 2. The van der Waals surface area contributed by atoms with Gasteiger partial charge in [0.15, 0.2) is 0 Å². The van der Waals surface area contributed by atoms with Crippen molar-refractivity contribution in [3.05, 3.63) is 64.7 Å². The van der Waals surface area contributed by atoms with Crippen LogP contribution < -0.4 is 9.47 Å². The molecule has 0 radical (unpaired) electrons. The molecule has 0 bridgehead atoms. The number of ketones is 1. The summed E-state index contributed by atoms with van der Waals surface area (Å²) in [6.45, 7) is 6.75. The number of para-hydroxylation sites is 1. The van der Waals surface area contributed by atoms with E-state index in [0.717, 1.165) is 17.7 Å². The summed E-state index contributed by atoms with van der Waals surface area (Å²) in [4.78, 5) is 29.9. The van der Waals surface area contributed by atoms with Crippen LogP contribution in [-0.2, 0) is 16.0 Å². The molecule has 1 fully saturated rings. The van der Waals surface area contributed by atoms with Crippen molar-refractivity contribution in [2.45, 2.75) is 45.4 Å². The van der Waals surface area contributed by atoms with Crippen LogP contribution in [0, 0.1) is 0 Å². The van der Waals surface area contributed by atoms with Crippen molar-refractivity contribution in [3.63, 3.8) is 0 Å². The topological polar surface area (TPSA) is 79.3 Å². The van der Waals surface area contributed by atoms with Gasteiger partial charge < -0.3 is 24.4 Å². The van der Waals surface area contributed by atoms with Crippen LogP contribution in [0.3, 0.4) is 0 Å². The first kappa shape index (κ1) is 23.8. The number of carbonyl (C=O) groups is 2. The Hall–Kier alpha value is -3.32. The molecular formula is C27H32N2O5. The van der Waals surface area contributed by atoms with Crippen molar-refractivity contribution < 1.29 is 24.2 Å². The Morgan fingerprint density at radius 3 is 2.65 bits per heavy atom. The van der Waals surface area contributed by atoms with E-state index in [4.69, 9.17) is 9.47 Å². The first-order chi connectivity index (χ1) is 16.2. The highest BCUT2D eigenvalue weighted by molar-refractivity contribution is 6.46. The van der Waals surface area contributed by atoms with Gasteiger partial charge in [0.2, 0.25) is 0 Å². The second-order valence-corrected chi connectivity index (χ2v) is 9.46. The normalized spacial score (nSPS) is 21.3. The van der Waals surface area contributed by atoms with Gasteiger partial charge in [0.05, 0.1) is 17.7 Å². The molecule has 1 saturated heterocycles. The average Bonchev–Trinajstić information content (AvgIpc) is 3.27. The molecule has 0 saturated carbocycles. The number of fused-ring (bicyclic) bond motifs is 1. The maximum absolute atomic E-state index is 13.3. The SMILES string of the molecule is CC(C)Oc1ccccc1C1/C(=C(\O)c2ccc3c(c2)CC(C)O3)C(=O)C(=O)N1CCN(C)C. The van der Waals surface area contributed by atoms with E-state index in [1.807, 2.05) is 70.1 Å². The molecule has 2 aromatic rings. The molecule has 2 atom stereocenters. The van der Waals surface area contributed by atoms with Crippen molar-refractivity contribution in [3.8, 4) is 11.5 Å². The highest BCUT2D eigenvalue weighted by atomic mass is 16.5. The zero-order valence-corrected chi connectivity index (χ0v) is 20.4. The summed E-state index contributed by atoms with van der Waals surface area (Å²) in [5, 5.41) is 11.4. The third-order valence-corrected chi connectivity index (χ3v) is 6.07. The maximum Gasteiger partial charge on any atom is 0.295 e. The lowest BCUT2D eigenvalue weighted by Gasteiger charge is -2.28. The quantitative estimate of drug-likeness (QED) is 0.382. The third kappa shape index (κ3) is 4.53. The standard InChI is InChI=1S/C27H32N2O5/c1-16(2)33-22-9-7-6-8-20(22)24-23(26(31)27(32)29(24)13-12-28(4)5)25(30)18-10-11-21-19(15-18)14-17(3)34-21/h6-11,15-17,24,30H,12-14H2,1-5H3/b25-23+. The fourth-order valence-electron chi connectivity index (χ4n) is 4.53. The Labute approximate surface area is 200 Å². The fraction of sp³-hybridized carbons (Fsp3) is 0.407. The van der Waals surface area contributed by atoms with Crippen molar-refractivity contribution >= 4 is 17.4 Å². The third-order valence-electron chi connectivity index (χ3n) is 6.07. The van der Waals surface area contributed by atoms with Crippen molar-refractivity contribution in [1.29, 1.82) is 0 Å². The Balaban J connectivity index is 1.85. The molecule has 2 aliphatic heterocycles. The number of amides is 1. The van der Waals surface area contributed by atoms with Gasteiger partial charge in [-0.3, -0.25) is 9.59 Å². The summed E-state index contributed by atoms with van der Waals surface area (Å²) in [6.07, 6.45) is 0.690. The number of likely N-dealkylation sites (tertiary alicyclic amines) is 1. The first-order valence-corrected chi connectivity index (χ1v) is 11.7. The molecule has 0 aromatic heterocycles. The molecule has 2 unspecified atom stereocenters. The molecule has 0 aliphatic carbocycles. The minimum absolute atomic E-state index is 0.0593. The zero-order chi connectivity index (χ0) is 24.6. The summed E-state index contributed by atoms with van der Waals surface area (Å²) < 4.78 is 11.8. The lowest BCUT2D eigenvalue weighted by atomic mass is 9.94. The van der Waals surface area contributed by atoms with Crippen LogP contribution in [0.1, 0.15) is 43.5 Å². The highest BCUT2D eigenvalue weighted by Crippen LogP contribution is 2.43. The van der Waals surface area contributed by atoms with Gasteiger partial charge in [-0.1, -0.05) is 18.2 Å². The number of benzene rings is 2. The van der Waals surface area contributed by atoms with E-state index < -0.39 is 17.7 Å². The van der Waals surface area contributed by atoms with Gasteiger partial charge in [-0.05, 0) is 64.7 Å². The minimum atomic E-state index is -0.752. The summed E-state index contributed by atoms with van der Waals surface area (Å²) in [5.74, 6) is -0.127. The van der Waals surface area contributed by atoms with Gasteiger partial charge in [0.25, 0.3) is 11.7 Å². The number of aliphatic hydroxyl groups is 1. The van der Waals surface area contributed by atoms with E-state index in [-0.39, 0.29) is 23.5 Å². The van der Waals surface area contributed by atoms with Crippen LogP contribution in [0.15, 0.2) is 48.0 Å². The van der Waals surface area contributed by atoms with Crippen LogP contribution in [0.4, 0.5) is 0 Å². The second-order valence-electron chi connectivity index (χ2n) is 9.46. The molecule has 0 spiro atoms. The monoisotopic (exact) mass is 464 g/mol. The summed E-state index contributed by atoms with van der Waals surface area (Å²) in [7, 11) is 3.82. The van der Waals surface area contributed by atoms with Crippen LogP contribution in [-0.4, -0.2) is 66.0 Å². The minimum Gasteiger partial charge on any atom is -0.507 e. The number of likely N-dealkylation sites (N-methyl/N-ethyl adjacent to an activating group) is 1. The predicted octanol–water partition coefficient (Wildman–Crippen LogP) is 3.78. The van der Waals surface area contributed by atoms with E-state index in [2.05, 4.69) is 0 Å². The Bertz CT molecular complexity index is 1140. The number of aliphatic hydroxyl groups excluding tert-OH is 1. The van der Waals surface area contributed by atoms with Gasteiger partial charge in [-0.25, -0.2) is 0 Å². The predicted molar refractivity (Wildman–Crippen MR) is 130 cm³/mol. The first-order valence-electron chi connectivity index (χ1n) is 11.7. The molecule has 7 heteroatoms. The van der Waals surface area contributed by atoms with E-state index in [0.29, 0.717) is 30.0 Å². The maximum atomic E-state index is 13.3. The summed E-state index contributed by atoms with van der Waals surface area (Å²) in [5.41, 5.74) is 2.22. The van der Waals surface area contributed by atoms with Crippen LogP contribution >= 0.6 is 0 Å². The molecule has 7 nitrogen and oxygen atoms in total. The van der Waals surface area contributed by atoms with Gasteiger partial charge in [0.1, 0.15) is 23.4 Å². The summed E-state index contributed by atoms with van der Waals surface area (Å²) in [6, 6.07) is 12.0. The van der Waals surface area contributed by atoms with Gasteiger partial charge in [0, 0.05) is 30.6 Å². The van der Waals surface area contributed by atoms with E-state index >= 15 is 0 Å². The number of rotatable bonds is 7. The number of hydrogen-bond acceptors (Lipinski definition) is 6. The van der Waals surface area contributed by atoms with E-state index in [9.17, 15) is 14.7 Å². The van der Waals surface area contributed by atoms with Gasteiger partial charge >= 0.3 is 0 Å². The molecule has 2 heterocycles. The van der Waals surface area contributed by atoms with E-state index in [1.165, 1.54) is 4.90 Å². The van der Waals surface area contributed by atoms with Crippen LogP contribution in [0.5, 0.6) is 11.5 Å². The summed E-state index contributed by atoms with van der Waals surface area (Å²) >= 11 is 0. The Morgan fingerprint density at radius 1 is 1.21 bits per heavy atom. The number of ether oxygens (including phenoxy) is 2. The Morgan fingerprint density at radius 2 is 1.94 bits per heavy atom. The highest BCUT2D eigenvalue weighted by Gasteiger charge is 2.47. The van der Waals surface area contributed by atoms with Gasteiger partial charge in [-0.15, -0.1) is 0 Å².